The van der Waals surface area contributed by atoms with Crippen molar-refractivity contribution in [2.24, 2.45) is 0 Å². The topological polar surface area (TPSA) is 29.9 Å². The van der Waals surface area contributed by atoms with Gasteiger partial charge in [0, 0.05) is 24.8 Å². The Labute approximate surface area is 131 Å². The molecule has 3 nitrogen and oxygen atoms in total. The molecule has 0 aliphatic carbocycles. The lowest BCUT2D eigenvalue weighted by Crippen LogP contribution is -2.05. The van der Waals surface area contributed by atoms with Gasteiger partial charge in [-0.1, -0.05) is 64.7 Å². The molecule has 1 N–H and O–H groups in total. The lowest BCUT2D eigenvalue weighted by atomic mass is 10.1. The molecule has 0 fully saturated rings. The zero-order chi connectivity index (χ0) is 15.3. The molecule has 0 amide bonds. The predicted octanol–water partition coefficient (Wildman–Crippen LogP) is 4.83. The van der Waals surface area contributed by atoms with Gasteiger partial charge in [-0.2, -0.15) is 5.10 Å². The third-order valence-corrected chi connectivity index (χ3v) is 4.16. The summed E-state index contributed by atoms with van der Waals surface area (Å²) in [6, 6.07) is 0. The number of nitrogens with zero attached hydrogens (tertiary/aromatic N) is 2. The number of aryl methyl sites for hydroxylation is 2. The van der Waals surface area contributed by atoms with E-state index in [2.05, 4.69) is 35.1 Å². The van der Waals surface area contributed by atoms with Crippen molar-refractivity contribution in [1.29, 1.82) is 0 Å². The third-order valence-electron chi connectivity index (χ3n) is 4.16. The highest BCUT2D eigenvalue weighted by molar-refractivity contribution is 5.14. The molecule has 0 spiro atoms. The quantitative estimate of drug-likeness (QED) is 0.528. The van der Waals surface area contributed by atoms with E-state index in [1.54, 1.807) is 0 Å². The van der Waals surface area contributed by atoms with E-state index in [-0.39, 0.29) is 0 Å². The average molecular weight is 293 g/mol. The molecular formula is C18H35N3. The van der Waals surface area contributed by atoms with Crippen LogP contribution in [0.5, 0.6) is 0 Å². The standard InChI is InChI=1S/C18H35N3/c1-4-5-6-7-8-9-10-11-12-13-14-21-16-18(15-19-3)17(2)20-21/h16,19H,4-15H2,1-3H3. The first kappa shape index (κ1) is 18.2. The molecule has 1 heterocycles. The van der Waals surface area contributed by atoms with E-state index in [4.69, 9.17) is 0 Å². The van der Waals surface area contributed by atoms with Gasteiger partial charge in [0.15, 0.2) is 0 Å². The van der Waals surface area contributed by atoms with Crippen molar-refractivity contribution in [3.63, 3.8) is 0 Å². The molecular weight excluding hydrogens is 258 g/mol. The van der Waals surface area contributed by atoms with Gasteiger partial charge in [0.25, 0.3) is 0 Å². The third kappa shape index (κ3) is 8.25. The van der Waals surface area contributed by atoms with Crippen LogP contribution in [0.4, 0.5) is 0 Å². The summed E-state index contributed by atoms with van der Waals surface area (Å²) < 4.78 is 2.12. The number of rotatable bonds is 13. The lowest BCUT2D eigenvalue weighted by Gasteiger charge is -2.03. The maximum Gasteiger partial charge on any atom is 0.0638 e. The van der Waals surface area contributed by atoms with Crippen LogP contribution in [0.15, 0.2) is 6.20 Å². The highest BCUT2D eigenvalue weighted by atomic mass is 15.3. The zero-order valence-electron chi connectivity index (χ0n) is 14.5. The van der Waals surface area contributed by atoms with E-state index in [0.717, 1.165) is 18.8 Å². The van der Waals surface area contributed by atoms with Gasteiger partial charge in [-0.15, -0.1) is 0 Å². The van der Waals surface area contributed by atoms with E-state index in [9.17, 15) is 0 Å². The first-order chi connectivity index (χ1) is 10.3. The molecule has 0 atom stereocenters. The van der Waals surface area contributed by atoms with Crippen LogP contribution in [0, 0.1) is 6.92 Å². The number of hydrogen-bond acceptors (Lipinski definition) is 2. The second-order valence-electron chi connectivity index (χ2n) is 6.22. The van der Waals surface area contributed by atoms with Crippen LogP contribution >= 0.6 is 0 Å². The molecule has 3 heteroatoms. The van der Waals surface area contributed by atoms with E-state index in [0.29, 0.717) is 0 Å². The van der Waals surface area contributed by atoms with Crippen LogP contribution in [0.2, 0.25) is 0 Å². The molecule has 1 rings (SSSR count). The Bertz CT molecular complexity index is 357. The van der Waals surface area contributed by atoms with Gasteiger partial charge in [-0.25, -0.2) is 0 Å². The normalized spacial score (nSPS) is 11.2. The minimum atomic E-state index is 0.921. The monoisotopic (exact) mass is 293 g/mol. The minimum absolute atomic E-state index is 0.921. The molecule has 0 aromatic carbocycles. The fourth-order valence-corrected chi connectivity index (χ4v) is 2.80. The van der Waals surface area contributed by atoms with Crippen molar-refractivity contribution in [3.05, 3.63) is 17.5 Å². The molecule has 1 aromatic heterocycles. The first-order valence-corrected chi connectivity index (χ1v) is 8.95. The summed E-state index contributed by atoms with van der Waals surface area (Å²) in [6.07, 6.45) is 16.1. The molecule has 122 valence electrons. The Hall–Kier alpha value is -0.830. The molecule has 0 radical (unpaired) electrons. The molecule has 0 aliphatic heterocycles. The molecule has 0 aliphatic rings. The van der Waals surface area contributed by atoms with Gasteiger partial charge < -0.3 is 5.32 Å². The van der Waals surface area contributed by atoms with Crippen LogP contribution in [-0.2, 0) is 13.1 Å². The SMILES string of the molecule is CCCCCCCCCCCCn1cc(CNC)c(C)n1. The largest absolute Gasteiger partial charge is 0.316 e. The number of unbranched alkanes of at least 4 members (excludes halogenated alkanes) is 9. The summed E-state index contributed by atoms with van der Waals surface area (Å²) in [5.41, 5.74) is 2.49. The molecule has 1 aromatic rings. The maximum absolute atomic E-state index is 4.58. The summed E-state index contributed by atoms with van der Waals surface area (Å²) in [5, 5.41) is 7.78. The van der Waals surface area contributed by atoms with Crippen molar-refractivity contribution < 1.29 is 0 Å². The van der Waals surface area contributed by atoms with Gasteiger partial charge in [-0.3, -0.25) is 4.68 Å². The van der Waals surface area contributed by atoms with Gasteiger partial charge in [0.05, 0.1) is 5.69 Å². The smallest absolute Gasteiger partial charge is 0.0638 e. The van der Waals surface area contributed by atoms with E-state index in [1.165, 1.54) is 69.8 Å². The van der Waals surface area contributed by atoms with Crippen molar-refractivity contribution >= 4 is 0 Å². The Morgan fingerprint density at radius 3 is 2.10 bits per heavy atom. The number of aromatic nitrogens is 2. The molecule has 0 saturated carbocycles. The Kier molecular flexibility index (Phi) is 10.2. The van der Waals surface area contributed by atoms with Crippen molar-refractivity contribution in [3.8, 4) is 0 Å². The van der Waals surface area contributed by atoms with Crippen molar-refractivity contribution in [1.82, 2.24) is 15.1 Å². The van der Waals surface area contributed by atoms with Crippen LogP contribution in [0.3, 0.4) is 0 Å². The van der Waals surface area contributed by atoms with Gasteiger partial charge in [-0.05, 0) is 20.4 Å². The molecule has 0 saturated heterocycles. The summed E-state index contributed by atoms with van der Waals surface area (Å²) >= 11 is 0. The molecule has 0 unspecified atom stereocenters. The van der Waals surface area contributed by atoms with E-state index in [1.807, 2.05) is 7.05 Å². The zero-order valence-corrected chi connectivity index (χ0v) is 14.5. The predicted molar refractivity (Wildman–Crippen MR) is 91.6 cm³/mol. The van der Waals surface area contributed by atoms with E-state index < -0.39 is 0 Å². The number of nitrogens with one attached hydrogen (secondary N) is 1. The van der Waals surface area contributed by atoms with Crippen molar-refractivity contribution in [2.75, 3.05) is 7.05 Å². The summed E-state index contributed by atoms with van der Waals surface area (Å²) in [7, 11) is 1.99. The first-order valence-electron chi connectivity index (χ1n) is 8.95. The van der Waals surface area contributed by atoms with Crippen LogP contribution in [-0.4, -0.2) is 16.8 Å². The summed E-state index contributed by atoms with van der Waals surface area (Å²) in [5.74, 6) is 0. The van der Waals surface area contributed by atoms with E-state index >= 15 is 0 Å². The fraction of sp³-hybridized carbons (Fsp3) is 0.833. The van der Waals surface area contributed by atoms with Crippen LogP contribution in [0.1, 0.15) is 82.4 Å². The Morgan fingerprint density at radius 1 is 0.952 bits per heavy atom. The Balaban J connectivity index is 1.98. The highest BCUT2D eigenvalue weighted by Gasteiger charge is 2.03. The summed E-state index contributed by atoms with van der Waals surface area (Å²) in [4.78, 5) is 0. The van der Waals surface area contributed by atoms with Crippen LogP contribution in [0.25, 0.3) is 0 Å². The average Bonchev–Trinajstić information content (AvgIpc) is 2.82. The Morgan fingerprint density at radius 2 is 1.52 bits per heavy atom. The minimum Gasteiger partial charge on any atom is -0.316 e. The lowest BCUT2D eigenvalue weighted by molar-refractivity contribution is 0.514. The van der Waals surface area contributed by atoms with Gasteiger partial charge in [0.2, 0.25) is 0 Å². The van der Waals surface area contributed by atoms with Crippen LogP contribution < -0.4 is 5.32 Å². The molecule has 21 heavy (non-hydrogen) atoms. The highest BCUT2D eigenvalue weighted by Crippen LogP contribution is 2.11. The van der Waals surface area contributed by atoms with Gasteiger partial charge in [0.1, 0.15) is 0 Å². The summed E-state index contributed by atoms with van der Waals surface area (Å²) in [6.45, 7) is 6.37. The van der Waals surface area contributed by atoms with Gasteiger partial charge >= 0.3 is 0 Å². The second-order valence-corrected chi connectivity index (χ2v) is 6.22. The van der Waals surface area contributed by atoms with Crippen molar-refractivity contribution in [2.45, 2.75) is 91.1 Å². The maximum atomic E-state index is 4.58. The second kappa shape index (κ2) is 11.8. The molecule has 0 bridgehead atoms. The number of hydrogen-bond donors (Lipinski definition) is 1. The fourth-order valence-electron chi connectivity index (χ4n) is 2.80.